The molecule has 0 aliphatic carbocycles. The molecule has 0 bridgehead atoms. The van der Waals surface area contributed by atoms with E-state index >= 15 is 0 Å². The van der Waals surface area contributed by atoms with Crippen molar-refractivity contribution in [2.24, 2.45) is 27.8 Å². The maximum absolute atomic E-state index is 12.0. The van der Waals surface area contributed by atoms with Crippen molar-refractivity contribution in [1.29, 1.82) is 0 Å². The van der Waals surface area contributed by atoms with Gasteiger partial charge in [0.2, 0.25) is 0 Å². The molecular formula is C18H34N6OS. The van der Waals surface area contributed by atoms with E-state index in [1.165, 1.54) is 25.7 Å². The maximum Gasteiger partial charge on any atom is 0.168 e. The fourth-order valence-electron chi connectivity index (χ4n) is 2.92. The second-order valence-electron chi connectivity index (χ2n) is 6.45. The van der Waals surface area contributed by atoms with E-state index in [9.17, 15) is 4.21 Å². The predicted octanol–water partition coefficient (Wildman–Crippen LogP) is 1.49. The van der Waals surface area contributed by atoms with E-state index in [-0.39, 0.29) is 5.84 Å². The van der Waals surface area contributed by atoms with E-state index in [2.05, 4.69) is 29.7 Å². The third-order valence-corrected chi connectivity index (χ3v) is 5.48. The van der Waals surface area contributed by atoms with E-state index in [0.717, 1.165) is 31.5 Å². The van der Waals surface area contributed by atoms with Crippen LogP contribution in [0.3, 0.4) is 0 Å². The number of piperidine rings is 1. The summed E-state index contributed by atoms with van der Waals surface area (Å²) in [5.74, 6) is 11.7. The lowest BCUT2D eigenvalue weighted by Crippen LogP contribution is -2.33. The first-order valence-corrected chi connectivity index (χ1v) is 10.5. The molecule has 8 heteroatoms. The lowest BCUT2D eigenvalue weighted by Gasteiger charge is -2.23. The van der Waals surface area contributed by atoms with Crippen molar-refractivity contribution in [3.8, 4) is 0 Å². The van der Waals surface area contributed by atoms with Gasteiger partial charge in [-0.05, 0) is 56.3 Å². The molecule has 148 valence electrons. The summed E-state index contributed by atoms with van der Waals surface area (Å²) in [5.41, 5.74) is 3.98. The average molecular weight is 383 g/mol. The van der Waals surface area contributed by atoms with Crippen molar-refractivity contribution in [2.45, 2.75) is 57.3 Å². The Morgan fingerprint density at radius 3 is 2.46 bits per heavy atom. The van der Waals surface area contributed by atoms with Crippen LogP contribution in [0.15, 0.2) is 28.2 Å². The molecule has 26 heavy (non-hydrogen) atoms. The molecule has 8 N–H and O–H groups in total. The molecule has 1 aromatic rings. The average Bonchev–Trinajstić information content (AvgIpc) is 2.68. The van der Waals surface area contributed by atoms with Crippen LogP contribution in [0.4, 0.5) is 0 Å². The van der Waals surface area contributed by atoms with Gasteiger partial charge in [0, 0.05) is 5.56 Å². The van der Waals surface area contributed by atoms with Crippen LogP contribution in [-0.2, 0) is 17.4 Å². The largest absolute Gasteiger partial charge is 0.321 e. The zero-order valence-corrected chi connectivity index (χ0v) is 16.8. The molecule has 1 atom stereocenters. The number of hydrazine groups is 1. The lowest BCUT2D eigenvalue weighted by molar-refractivity contribution is 0.354. The lowest BCUT2D eigenvalue weighted by atomic mass is 9.91. The first-order chi connectivity index (χ1) is 12.6. The molecule has 1 heterocycles. The molecular weight excluding hydrogens is 348 g/mol. The van der Waals surface area contributed by atoms with Gasteiger partial charge in [0.15, 0.2) is 5.84 Å². The van der Waals surface area contributed by atoms with Gasteiger partial charge in [-0.15, -0.1) is 0 Å². The molecule has 7 nitrogen and oxygen atoms in total. The Bertz CT molecular complexity index is 585. The van der Waals surface area contributed by atoms with Crippen LogP contribution in [0, 0.1) is 5.92 Å². The van der Waals surface area contributed by atoms with Crippen LogP contribution in [0.1, 0.15) is 57.1 Å². The summed E-state index contributed by atoms with van der Waals surface area (Å²) in [6.07, 6.45) is 6.89. The molecule has 0 radical (unpaired) electrons. The van der Waals surface area contributed by atoms with Crippen LogP contribution in [0.5, 0.6) is 0 Å². The second-order valence-corrected chi connectivity index (χ2v) is 7.45. The first-order valence-electron chi connectivity index (χ1n) is 9.32. The summed E-state index contributed by atoms with van der Waals surface area (Å²) in [6, 6.07) is 5.60. The minimum Gasteiger partial charge on any atom is -0.321 e. The Kier molecular flexibility index (Phi) is 11.1. The fourth-order valence-corrected chi connectivity index (χ4v) is 3.73. The Hall–Kier alpha value is -1.48. The number of hydrogen-bond acceptors (Lipinski definition) is 5. The maximum atomic E-state index is 12.0. The van der Waals surface area contributed by atoms with Crippen LogP contribution < -0.4 is 27.6 Å². The molecule has 0 saturated carbocycles. The predicted molar refractivity (Wildman–Crippen MR) is 110 cm³/mol. The molecule has 1 aliphatic rings. The molecule has 0 spiro atoms. The van der Waals surface area contributed by atoms with Crippen molar-refractivity contribution < 1.29 is 4.21 Å². The first kappa shape index (κ1) is 22.6. The number of rotatable bonds is 6. The molecule has 0 aromatic heterocycles. The minimum atomic E-state index is -1.63. The molecule has 1 unspecified atom stereocenters. The van der Waals surface area contributed by atoms with E-state index in [0.29, 0.717) is 16.4 Å². The van der Waals surface area contributed by atoms with Gasteiger partial charge in [-0.1, -0.05) is 38.8 Å². The van der Waals surface area contributed by atoms with Gasteiger partial charge >= 0.3 is 0 Å². The molecule has 0 amide bonds. The number of unbranched alkanes of at least 4 members (excludes halogenated alkanes) is 1. The van der Waals surface area contributed by atoms with Gasteiger partial charge in [-0.25, -0.2) is 15.2 Å². The Labute approximate surface area is 159 Å². The SMILES string of the molecule is CCCC.N/N=C(\NN)c1cccc(CCC2CCNCC2)c1S(N)=O. The van der Waals surface area contributed by atoms with E-state index in [4.69, 9.17) is 16.8 Å². The number of hydrogen-bond donors (Lipinski definition) is 5. The highest BCUT2D eigenvalue weighted by Gasteiger charge is 2.18. The number of benzene rings is 1. The third kappa shape index (κ3) is 7.03. The fraction of sp³-hybridized carbons (Fsp3) is 0.611. The van der Waals surface area contributed by atoms with Gasteiger partial charge in [-0.2, -0.15) is 5.10 Å². The van der Waals surface area contributed by atoms with Gasteiger partial charge in [0.25, 0.3) is 0 Å². The topological polar surface area (TPSA) is 132 Å². The molecule has 1 saturated heterocycles. The highest BCUT2D eigenvalue weighted by atomic mass is 32.2. The number of amidine groups is 1. The summed E-state index contributed by atoms with van der Waals surface area (Å²) < 4.78 is 12.0. The number of nitrogens with zero attached hydrogens (tertiary/aromatic N) is 1. The summed E-state index contributed by atoms with van der Waals surface area (Å²) in [7, 11) is -1.63. The summed E-state index contributed by atoms with van der Waals surface area (Å²) >= 11 is 0. The van der Waals surface area contributed by atoms with Crippen molar-refractivity contribution in [1.82, 2.24) is 10.7 Å². The quantitative estimate of drug-likeness (QED) is 0.220. The van der Waals surface area contributed by atoms with Crippen LogP contribution in [-0.4, -0.2) is 23.1 Å². The van der Waals surface area contributed by atoms with E-state index in [1.54, 1.807) is 6.07 Å². The van der Waals surface area contributed by atoms with E-state index in [1.807, 2.05) is 12.1 Å². The highest BCUT2D eigenvalue weighted by molar-refractivity contribution is 7.82. The Balaban J connectivity index is 0.000000765. The second kappa shape index (κ2) is 12.8. The smallest absolute Gasteiger partial charge is 0.168 e. The van der Waals surface area contributed by atoms with Crippen molar-refractivity contribution in [3.63, 3.8) is 0 Å². The zero-order chi connectivity index (χ0) is 19.4. The zero-order valence-electron chi connectivity index (χ0n) is 16.0. The normalized spacial score (nSPS) is 16.5. The van der Waals surface area contributed by atoms with Gasteiger partial charge < -0.3 is 16.6 Å². The van der Waals surface area contributed by atoms with Gasteiger partial charge in [0.1, 0.15) is 11.0 Å². The molecule has 1 aromatic carbocycles. The standard InChI is InChI=1S/C14H24N6OS.C4H10/c15-19-14(20-16)12-3-1-2-11(13(12)22(17)21)5-4-10-6-8-18-9-7-10;1-3-4-2/h1-3,10,18H,4-9,15-17H2,(H,19,20);3-4H2,1-2H3. The van der Waals surface area contributed by atoms with Crippen LogP contribution in [0.25, 0.3) is 0 Å². The van der Waals surface area contributed by atoms with Crippen LogP contribution in [0.2, 0.25) is 0 Å². The van der Waals surface area contributed by atoms with Crippen molar-refractivity contribution in [2.75, 3.05) is 13.1 Å². The summed E-state index contributed by atoms with van der Waals surface area (Å²) in [4.78, 5) is 0.554. The summed E-state index contributed by atoms with van der Waals surface area (Å²) in [6.45, 7) is 6.50. The van der Waals surface area contributed by atoms with Crippen molar-refractivity contribution in [3.05, 3.63) is 29.3 Å². The minimum absolute atomic E-state index is 0.275. The van der Waals surface area contributed by atoms with Gasteiger partial charge in [0.05, 0.1) is 4.90 Å². The Morgan fingerprint density at radius 2 is 1.96 bits per heavy atom. The van der Waals surface area contributed by atoms with Crippen LogP contribution >= 0.6 is 0 Å². The molecule has 1 aliphatic heterocycles. The third-order valence-electron chi connectivity index (χ3n) is 4.60. The molecule has 1 fully saturated rings. The van der Waals surface area contributed by atoms with Gasteiger partial charge in [-0.3, -0.25) is 0 Å². The monoisotopic (exact) mass is 382 g/mol. The number of aryl methyl sites for hydroxylation is 1. The summed E-state index contributed by atoms with van der Waals surface area (Å²) in [5, 5.41) is 12.6. The van der Waals surface area contributed by atoms with E-state index < -0.39 is 11.0 Å². The number of nitrogens with one attached hydrogen (secondary N) is 2. The number of nitrogens with two attached hydrogens (primary N) is 3. The highest BCUT2D eigenvalue weighted by Crippen LogP contribution is 2.23. The molecule has 2 rings (SSSR count). The number of hydrazone groups is 1. The van der Waals surface area contributed by atoms with Crippen molar-refractivity contribution >= 4 is 16.8 Å². The Morgan fingerprint density at radius 1 is 1.31 bits per heavy atom.